The molecular weight excluding hydrogens is 288 g/mol. The number of aliphatic hydroxyl groups excluding tert-OH is 1. The number of carbonyl (C=O) groups excluding carboxylic acids is 1. The second-order valence-electron chi connectivity index (χ2n) is 4.79. The highest BCUT2D eigenvalue weighted by Gasteiger charge is 2.26. The Morgan fingerprint density at radius 1 is 1.48 bits per heavy atom. The number of rotatable bonds is 6. The first-order chi connectivity index (χ1) is 10.1. The van der Waals surface area contributed by atoms with Crippen LogP contribution in [0.25, 0.3) is 10.2 Å². The topological polar surface area (TPSA) is 92.3 Å². The molecule has 0 fully saturated rings. The molecule has 21 heavy (non-hydrogen) atoms. The number of hydrogen-bond donors (Lipinski definition) is 2. The maximum Gasteiger partial charge on any atom is 0.266 e. The van der Waals surface area contributed by atoms with E-state index in [1.54, 1.807) is 17.2 Å². The molecule has 1 amide bonds. The first kappa shape index (κ1) is 15.7. The Balaban J connectivity index is 2.40. The second-order valence-corrected chi connectivity index (χ2v) is 5.79. The highest BCUT2D eigenvalue weighted by Crippen LogP contribution is 2.33. The van der Waals surface area contributed by atoms with E-state index in [0.717, 1.165) is 18.2 Å². The Hall–Kier alpha value is -1.73. The fourth-order valence-electron chi connectivity index (χ4n) is 2.45. The number of nitrogen functional groups attached to an aromatic ring is 1. The molecule has 2 rings (SSSR count). The number of anilines is 1. The standard InChI is InChI=1S/C14H20N4O2S/c1-3-9(4-2)18(7-8-19)14(20)12-11(15)10-5-6-16-17-13(10)21-12/h5-6,9,19H,3-4,7-8,15H2,1-2H3. The van der Waals surface area contributed by atoms with Crippen LogP contribution in [0.15, 0.2) is 12.3 Å². The number of nitrogens with zero attached hydrogens (tertiary/aromatic N) is 3. The average molecular weight is 308 g/mol. The Labute approximate surface area is 127 Å². The summed E-state index contributed by atoms with van der Waals surface area (Å²) < 4.78 is 0. The van der Waals surface area contributed by atoms with Gasteiger partial charge in [-0.05, 0) is 18.9 Å². The van der Waals surface area contributed by atoms with Gasteiger partial charge in [0.05, 0.1) is 18.5 Å². The predicted octanol–water partition coefficient (Wildman–Crippen LogP) is 1.90. The molecular formula is C14H20N4O2S. The predicted molar refractivity (Wildman–Crippen MR) is 84.3 cm³/mol. The van der Waals surface area contributed by atoms with Crippen molar-refractivity contribution in [3.63, 3.8) is 0 Å². The normalized spacial score (nSPS) is 11.2. The minimum Gasteiger partial charge on any atom is -0.397 e. The first-order valence-corrected chi connectivity index (χ1v) is 7.87. The average Bonchev–Trinajstić information content (AvgIpc) is 2.84. The number of fused-ring (bicyclic) bond motifs is 1. The molecule has 0 atom stereocenters. The van der Waals surface area contributed by atoms with Crippen LogP contribution in [0.4, 0.5) is 5.69 Å². The van der Waals surface area contributed by atoms with Crippen LogP contribution in [0.5, 0.6) is 0 Å². The van der Waals surface area contributed by atoms with Crippen LogP contribution in [0.3, 0.4) is 0 Å². The van der Waals surface area contributed by atoms with E-state index in [1.807, 2.05) is 13.8 Å². The Kier molecular flexibility index (Phi) is 5.08. The molecule has 2 aromatic rings. The molecule has 0 saturated carbocycles. The number of nitrogens with two attached hydrogens (primary N) is 1. The van der Waals surface area contributed by atoms with Gasteiger partial charge in [0.25, 0.3) is 5.91 Å². The summed E-state index contributed by atoms with van der Waals surface area (Å²) in [7, 11) is 0. The van der Waals surface area contributed by atoms with E-state index in [9.17, 15) is 9.90 Å². The van der Waals surface area contributed by atoms with Crippen molar-refractivity contribution in [3.8, 4) is 0 Å². The van der Waals surface area contributed by atoms with Crippen LogP contribution in [0.2, 0.25) is 0 Å². The molecule has 3 N–H and O–H groups in total. The van der Waals surface area contributed by atoms with Crippen molar-refractivity contribution in [1.82, 2.24) is 15.1 Å². The van der Waals surface area contributed by atoms with E-state index < -0.39 is 0 Å². The zero-order valence-electron chi connectivity index (χ0n) is 12.2. The highest BCUT2D eigenvalue weighted by molar-refractivity contribution is 7.21. The van der Waals surface area contributed by atoms with Crippen molar-refractivity contribution in [2.45, 2.75) is 32.7 Å². The minimum atomic E-state index is -0.141. The van der Waals surface area contributed by atoms with Crippen molar-refractivity contribution in [2.75, 3.05) is 18.9 Å². The van der Waals surface area contributed by atoms with Crippen LogP contribution < -0.4 is 5.73 Å². The summed E-state index contributed by atoms with van der Waals surface area (Å²) in [6.07, 6.45) is 3.24. The zero-order chi connectivity index (χ0) is 15.4. The molecule has 7 heteroatoms. The maximum absolute atomic E-state index is 12.8. The molecule has 6 nitrogen and oxygen atoms in total. The number of aromatic nitrogens is 2. The lowest BCUT2D eigenvalue weighted by molar-refractivity contribution is 0.0628. The summed E-state index contributed by atoms with van der Waals surface area (Å²) in [4.78, 5) is 15.6. The maximum atomic E-state index is 12.8. The summed E-state index contributed by atoms with van der Waals surface area (Å²) >= 11 is 1.25. The van der Waals surface area contributed by atoms with Crippen LogP contribution in [0.1, 0.15) is 36.4 Å². The molecule has 2 heterocycles. The van der Waals surface area contributed by atoms with Gasteiger partial charge in [0.2, 0.25) is 0 Å². The number of carbonyl (C=O) groups is 1. The molecule has 0 aliphatic rings. The van der Waals surface area contributed by atoms with E-state index in [1.165, 1.54) is 11.3 Å². The van der Waals surface area contributed by atoms with Gasteiger partial charge in [0.1, 0.15) is 9.71 Å². The molecule has 0 saturated heterocycles. The fraction of sp³-hybridized carbons (Fsp3) is 0.500. The SMILES string of the molecule is CCC(CC)N(CCO)C(=O)c1sc2nnccc2c1N. The highest BCUT2D eigenvalue weighted by atomic mass is 32.1. The van der Waals surface area contributed by atoms with Crippen LogP contribution in [-0.4, -0.2) is 45.3 Å². The van der Waals surface area contributed by atoms with Gasteiger partial charge in [-0.25, -0.2) is 0 Å². The molecule has 114 valence electrons. The van der Waals surface area contributed by atoms with Crippen LogP contribution in [-0.2, 0) is 0 Å². The molecule has 0 radical (unpaired) electrons. The van der Waals surface area contributed by atoms with Gasteiger partial charge < -0.3 is 15.7 Å². The van der Waals surface area contributed by atoms with Crippen molar-refractivity contribution in [3.05, 3.63) is 17.1 Å². The quantitative estimate of drug-likeness (QED) is 0.850. The summed E-state index contributed by atoms with van der Waals surface area (Å²) in [6, 6.07) is 1.86. The number of thiophene rings is 1. The summed E-state index contributed by atoms with van der Waals surface area (Å²) in [5.41, 5.74) is 6.54. The number of aliphatic hydroxyl groups is 1. The van der Waals surface area contributed by atoms with E-state index >= 15 is 0 Å². The smallest absolute Gasteiger partial charge is 0.266 e. The van der Waals surface area contributed by atoms with E-state index in [4.69, 9.17) is 5.73 Å². The molecule has 0 aliphatic carbocycles. The largest absolute Gasteiger partial charge is 0.397 e. The molecule has 2 aromatic heterocycles. The minimum absolute atomic E-state index is 0.0627. The van der Waals surface area contributed by atoms with Crippen molar-refractivity contribution < 1.29 is 9.90 Å². The van der Waals surface area contributed by atoms with Gasteiger partial charge >= 0.3 is 0 Å². The zero-order valence-corrected chi connectivity index (χ0v) is 13.1. The third-order valence-electron chi connectivity index (χ3n) is 3.60. The molecule has 0 spiro atoms. The summed E-state index contributed by atoms with van der Waals surface area (Å²) in [5.74, 6) is -0.141. The molecule has 0 aliphatic heterocycles. The Morgan fingerprint density at radius 3 is 2.76 bits per heavy atom. The summed E-state index contributed by atoms with van der Waals surface area (Å²) in [5, 5.41) is 17.8. The van der Waals surface area contributed by atoms with Gasteiger partial charge in [-0.1, -0.05) is 13.8 Å². The van der Waals surface area contributed by atoms with Gasteiger partial charge in [-0.15, -0.1) is 16.4 Å². The number of amides is 1. The van der Waals surface area contributed by atoms with Crippen molar-refractivity contribution in [2.24, 2.45) is 0 Å². The lowest BCUT2D eigenvalue weighted by Crippen LogP contribution is -2.41. The fourth-order valence-corrected chi connectivity index (χ4v) is 3.44. The number of hydrogen-bond acceptors (Lipinski definition) is 6. The first-order valence-electron chi connectivity index (χ1n) is 7.05. The Bertz CT molecular complexity index is 624. The van der Waals surface area contributed by atoms with Gasteiger partial charge in [0.15, 0.2) is 0 Å². The van der Waals surface area contributed by atoms with Crippen LogP contribution in [0, 0.1) is 0 Å². The monoisotopic (exact) mass is 308 g/mol. The third kappa shape index (κ3) is 2.98. The molecule has 0 unspecified atom stereocenters. The van der Waals surface area contributed by atoms with E-state index in [2.05, 4.69) is 10.2 Å². The van der Waals surface area contributed by atoms with Crippen molar-refractivity contribution >= 4 is 33.1 Å². The third-order valence-corrected chi connectivity index (χ3v) is 4.69. The molecule has 0 aromatic carbocycles. The van der Waals surface area contributed by atoms with Crippen LogP contribution >= 0.6 is 11.3 Å². The second kappa shape index (κ2) is 6.82. The van der Waals surface area contributed by atoms with Gasteiger partial charge in [0, 0.05) is 18.0 Å². The van der Waals surface area contributed by atoms with E-state index in [-0.39, 0.29) is 18.6 Å². The van der Waals surface area contributed by atoms with Crippen molar-refractivity contribution in [1.29, 1.82) is 0 Å². The van der Waals surface area contributed by atoms with E-state index in [0.29, 0.717) is 21.9 Å². The lowest BCUT2D eigenvalue weighted by atomic mass is 10.1. The van der Waals surface area contributed by atoms with Gasteiger partial charge in [-0.2, -0.15) is 5.10 Å². The molecule has 0 bridgehead atoms. The Morgan fingerprint density at radius 2 is 2.19 bits per heavy atom. The lowest BCUT2D eigenvalue weighted by Gasteiger charge is -2.29. The summed E-state index contributed by atoms with van der Waals surface area (Å²) in [6.45, 7) is 4.31. The van der Waals surface area contributed by atoms with Gasteiger partial charge in [-0.3, -0.25) is 4.79 Å².